The van der Waals surface area contributed by atoms with E-state index in [1.54, 1.807) is 24.8 Å². The number of benzene rings is 2. The summed E-state index contributed by atoms with van der Waals surface area (Å²) in [7, 11) is 1.73. The van der Waals surface area contributed by atoms with Crippen LogP contribution in [0, 0.1) is 6.92 Å². The zero-order valence-electron chi connectivity index (χ0n) is 17.2. The van der Waals surface area contributed by atoms with Gasteiger partial charge in [-0.15, -0.1) is 11.3 Å². The largest absolute Gasteiger partial charge is 0.495 e. The molecule has 0 aliphatic carbocycles. The van der Waals surface area contributed by atoms with E-state index in [-0.39, 0.29) is 0 Å². The zero-order valence-corrected chi connectivity index (χ0v) is 18.0. The molecular weight excluding hydrogens is 392 g/mol. The first kappa shape index (κ1) is 18.9. The second-order valence-electron chi connectivity index (χ2n) is 7.54. The van der Waals surface area contributed by atoms with E-state index in [2.05, 4.69) is 63.5 Å². The fourth-order valence-corrected chi connectivity index (χ4v) is 5.01. The third-order valence-electron chi connectivity index (χ3n) is 5.72. The van der Waals surface area contributed by atoms with Crippen LogP contribution < -0.4 is 14.5 Å². The van der Waals surface area contributed by atoms with Crippen molar-refractivity contribution in [3.63, 3.8) is 0 Å². The van der Waals surface area contributed by atoms with Gasteiger partial charge in [-0.1, -0.05) is 42.0 Å². The quantitative estimate of drug-likeness (QED) is 0.468. The molecule has 0 N–H and O–H groups in total. The van der Waals surface area contributed by atoms with Crippen LogP contribution in [0.15, 0.2) is 60.2 Å². The van der Waals surface area contributed by atoms with Crippen LogP contribution in [-0.4, -0.2) is 43.3 Å². The average molecular weight is 417 g/mol. The molecule has 1 fully saturated rings. The summed E-state index contributed by atoms with van der Waals surface area (Å²) in [5.41, 5.74) is 4.86. The molecular formula is C24H24N4OS. The van der Waals surface area contributed by atoms with Crippen molar-refractivity contribution in [1.29, 1.82) is 0 Å². The summed E-state index contributed by atoms with van der Waals surface area (Å²) in [5, 5.41) is 3.37. The average Bonchev–Trinajstić information content (AvgIpc) is 3.24. The van der Waals surface area contributed by atoms with Crippen molar-refractivity contribution in [1.82, 2.24) is 9.97 Å². The van der Waals surface area contributed by atoms with Gasteiger partial charge in [0.25, 0.3) is 0 Å². The number of ether oxygens (including phenoxy) is 1. The number of nitrogens with zero attached hydrogens (tertiary/aromatic N) is 4. The second-order valence-corrected chi connectivity index (χ2v) is 8.40. The SMILES string of the molecule is COc1ccccc1N1CCN(c2ncnc3scc(-c4ccc(C)cc4)c23)CC1. The molecule has 152 valence electrons. The van der Waals surface area contributed by atoms with E-state index in [1.807, 2.05) is 12.1 Å². The Hall–Kier alpha value is -3.12. The lowest BCUT2D eigenvalue weighted by molar-refractivity contribution is 0.413. The first-order valence-electron chi connectivity index (χ1n) is 10.2. The van der Waals surface area contributed by atoms with Crippen molar-refractivity contribution in [2.45, 2.75) is 6.92 Å². The fraction of sp³-hybridized carbons (Fsp3) is 0.250. The van der Waals surface area contributed by atoms with Gasteiger partial charge in [0.15, 0.2) is 0 Å². The highest BCUT2D eigenvalue weighted by atomic mass is 32.1. The number of anilines is 2. The number of methoxy groups -OCH3 is 1. The number of thiophene rings is 1. The molecule has 0 amide bonds. The summed E-state index contributed by atoms with van der Waals surface area (Å²) in [6.45, 7) is 5.79. The molecule has 0 bridgehead atoms. The maximum Gasteiger partial charge on any atom is 0.142 e. The highest BCUT2D eigenvalue weighted by molar-refractivity contribution is 7.17. The van der Waals surface area contributed by atoms with Gasteiger partial charge >= 0.3 is 0 Å². The van der Waals surface area contributed by atoms with Gasteiger partial charge in [-0.3, -0.25) is 0 Å². The maximum atomic E-state index is 5.56. The van der Waals surface area contributed by atoms with Gasteiger partial charge in [0.1, 0.15) is 22.7 Å². The van der Waals surface area contributed by atoms with Crippen molar-refractivity contribution in [2.75, 3.05) is 43.1 Å². The normalized spacial score (nSPS) is 14.3. The highest BCUT2D eigenvalue weighted by Crippen LogP contribution is 2.38. The molecule has 5 rings (SSSR count). The summed E-state index contributed by atoms with van der Waals surface area (Å²) >= 11 is 1.69. The number of para-hydroxylation sites is 2. The predicted molar refractivity (Wildman–Crippen MR) is 125 cm³/mol. The summed E-state index contributed by atoms with van der Waals surface area (Å²) in [6.07, 6.45) is 1.69. The van der Waals surface area contributed by atoms with Crippen LogP contribution in [0.3, 0.4) is 0 Å². The van der Waals surface area contributed by atoms with Crippen LogP contribution >= 0.6 is 11.3 Å². The number of fused-ring (bicyclic) bond motifs is 1. The Kier molecular flexibility index (Phi) is 5.01. The van der Waals surface area contributed by atoms with Gasteiger partial charge in [0, 0.05) is 37.1 Å². The van der Waals surface area contributed by atoms with Crippen LogP contribution in [0.5, 0.6) is 5.75 Å². The van der Waals surface area contributed by atoms with Crippen molar-refractivity contribution in [3.05, 3.63) is 65.8 Å². The van der Waals surface area contributed by atoms with E-state index < -0.39 is 0 Å². The highest BCUT2D eigenvalue weighted by Gasteiger charge is 2.23. The van der Waals surface area contributed by atoms with E-state index >= 15 is 0 Å². The Morgan fingerprint density at radius 2 is 1.63 bits per heavy atom. The molecule has 0 atom stereocenters. The minimum absolute atomic E-state index is 0.910. The molecule has 0 radical (unpaired) electrons. The van der Waals surface area contributed by atoms with Gasteiger partial charge < -0.3 is 14.5 Å². The van der Waals surface area contributed by atoms with Gasteiger partial charge in [-0.25, -0.2) is 9.97 Å². The molecule has 2 aromatic heterocycles. The minimum Gasteiger partial charge on any atom is -0.495 e. The lowest BCUT2D eigenvalue weighted by Crippen LogP contribution is -2.47. The van der Waals surface area contributed by atoms with E-state index in [0.29, 0.717) is 0 Å². The smallest absolute Gasteiger partial charge is 0.142 e. The number of aromatic nitrogens is 2. The first-order valence-corrected chi connectivity index (χ1v) is 11.0. The van der Waals surface area contributed by atoms with Crippen LogP contribution in [0.25, 0.3) is 21.3 Å². The Morgan fingerprint density at radius 3 is 2.40 bits per heavy atom. The van der Waals surface area contributed by atoms with Gasteiger partial charge in [0.05, 0.1) is 18.2 Å². The monoisotopic (exact) mass is 416 g/mol. The minimum atomic E-state index is 0.910. The summed E-state index contributed by atoms with van der Waals surface area (Å²) in [6, 6.07) is 16.9. The van der Waals surface area contributed by atoms with Crippen molar-refractivity contribution in [2.24, 2.45) is 0 Å². The standard InChI is InChI=1S/C24H24N4OS/c1-17-7-9-18(10-8-17)19-15-30-24-22(19)23(25-16-26-24)28-13-11-27(12-14-28)20-5-3-4-6-21(20)29-2/h3-10,15-16H,11-14H2,1-2H3. The third kappa shape index (κ3) is 3.37. The fourth-order valence-electron chi connectivity index (χ4n) is 4.09. The molecule has 5 nitrogen and oxygen atoms in total. The van der Waals surface area contributed by atoms with Crippen LogP contribution in [-0.2, 0) is 0 Å². The molecule has 6 heteroatoms. The summed E-state index contributed by atoms with van der Waals surface area (Å²) in [4.78, 5) is 15.1. The molecule has 2 aromatic carbocycles. The van der Waals surface area contributed by atoms with E-state index in [1.165, 1.54) is 16.7 Å². The Balaban J connectivity index is 1.45. The van der Waals surface area contributed by atoms with Crippen LogP contribution in [0.1, 0.15) is 5.56 Å². The molecule has 0 unspecified atom stereocenters. The lowest BCUT2D eigenvalue weighted by Gasteiger charge is -2.37. The van der Waals surface area contributed by atoms with Crippen LogP contribution in [0.4, 0.5) is 11.5 Å². The second kappa shape index (κ2) is 7.95. The van der Waals surface area contributed by atoms with Gasteiger partial charge in [-0.05, 0) is 24.6 Å². The van der Waals surface area contributed by atoms with Crippen molar-refractivity contribution >= 4 is 33.1 Å². The molecule has 1 saturated heterocycles. The van der Waals surface area contributed by atoms with Crippen molar-refractivity contribution in [3.8, 4) is 16.9 Å². The first-order chi connectivity index (χ1) is 14.7. The lowest BCUT2D eigenvalue weighted by atomic mass is 10.0. The molecule has 4 aromatic rings. The van der Waals surface area contributed by atoms with Crippen molar-refractivity contribution < 1.29 is 4.74 Å². The topological polar surface area (TPSA) is 41.5 Å². The third-order valence-corrected chi connectivity index (χ3v) is 6.60. The zero-order chi connectivity index (χ0) is 20.5. The number of aryl methyl sites for hydroxylation is 1. The summed E-state index contributed by atoms with van der Waals surface area (Å²) < 4.78 is 5.56. The molecule has 0 spiro atoms. The molecule has 1 aliphatic rings. The number of rotatable bonds is 4. The molecule has 1 aliphatic heterocycles. The van der Waals surface area contributed by atoms with Gasteiger partial charge in [0.2, 0.25) is 0 Å². The predicted octanol–water partition coefficient (Wildman–Crippen LogP) is 5.00. The van der Waals surface area contributed by atoms with Crippen LogP contribution in [0.2, 0.25) is 0 Å². The molecule has 30 heavy (non-hydrogen) atoms. The summed E-state index contributed by atoms with van der Waals surface area (Å²) in [5.74, 6) is 1.96. The number of hydrogen-bond donors (Lipinski definition) is 0. The Labute approximate surface area is 180 Å². The Morgan fingerprint density at radius 1 is 0.900 bits per heavy atom. The van der Waals surface area contributed by atoms with E-state index in [0.717, 1.165) is 53.7 Å². The Bertz CT molecular complexity index is 1160. The number of hydrogen-bond acceptors (Lipinski definition) is 6. The van der Waals surface area contributed by atoms with E-state index in [9.17, 15) is 0 Å². The maximum absolute atomic E-state index is 5.56. The van der Waals surface area contributed by atoms with E-state index in [4.69, 9.17) is 9.72 Å². The molecule has 0 saturated carbocycles. The number of piperazine rings is 1. The molecule has 3 heterocycles. The van der Waals surface area contributed by atoms with Gasteiger partial charge in [-0.2, -0.15) is 0 Å².